The Labute approximate surface area is 91.5 Å². The molecular weight excluding hydrogens is 196 g/mol. The quantitative estimate of drug-likeness (QED) is 0.518. The second-order valence-corrected chi connectivity index (χ2v) is 4.69. The van der Waals surface area contributed by atoms with Gasteiger partial charge in [-0.1, -0.05) is 6.58 Å². The zero-order chi connectivity index (χ0) is 9.97. The van der Waals surface area contributed by atoms with Crippen LogP contribution in [-0.4, -0.2) is 54.4 Å². The predicted octanol–water partition coefficient (Wildman–Crippen LogP) is 1.56. The largest absolute Gasteiger partial charge is 0.298 e. The van der Waals surface area contributed by atoms with E-state index in [1.807, 2.05) is 0 Å². The van der Waals surface area contributed by atoms with Gasteiger partial charge < -0.3 is 0 Å². The van der Waals surface area contributed by atoms with Gasteiger partial charge in [0.15, 0.2) is 0 Å². The molecule has 2 aliphatic rings. The molecule has 2 rings (SSSR count). The molecule has 80 valence electrons. The summed E-state index contributed by atoms with van der Waals surface area (Å²) in [5, 5.41) is 0. The van der Waals surface area contributed by atoms with Gasteiger partial charge in [0.1, 0.15) is 0 Å². The Kier molecular flexibility index (Phi) is 3.47. The van der Waals surface area contributed by atoms with E-state index in [-0.39, 0.29) is 0 Å². The highest BCUT2D eigenvalue weighted by Gasteiger charge is 2.30. The summed E-state index contributed by atoms with van der Waals surface area (Å²) in [6.45, 7) is 9.78. The van der Waals surface area contributed by atoms with Crippen molar-refractivity contribution in [3.63, 3.8) is 0 Å². The van der Waals surface area contributed by atoms with E-state index in [0.29, 0.717) is 5.88 Å². The van der Waals surface area contributed by atoms with Crippen molar-refractivity contribution < 1.29 is 0 Å². The Morgan fingerprint density at radius 1 is 1.21 bits per heavy atom. The van der Waals surface area contributed by atoms with Gasteiger partial charge in [0, 0.05) is 44.6 Å². The molecule has 0 aromatic rings. The van der Waals surface area contributed by atoms with Crippen molar-refractivity contribution in [3.05, 3.63) is 12.2 Å². The molecule has 14 heavy (non-hydrogen) atoms. The summed E-state index contributed by atoms with van der Waals surface area (Å²) in [7, 11) is 0. The number of hydrogen-bond donors (Lipinski definition) is 0. The molecule has 0 unspecified atom stereocenters. The molecule has 0 N–H and O–H groups in total. The molecule has 0 atom stereocenters. The van der Waals surface area contributed by atoms with Crippen LogP contribution in [0.5, 0.6) is 0 Å². The molecule has 1 heterocycles. The number of nitrogens with zero attached hydrogens (tertiary/aromatic N) is 2. The minimum absolute atomic E-state index is 0.600. The zero-order valence-electron chi connectivity index (χ0n) is 8.71. The molecule has 1 saturated heterocycles. The molecule has 0 spiro atoms. The highest BCUT2D eigenvalue weighted by atomic mass is 35.5. The van der Waals surface area contributed by atoms with Crippen molar-refractivity contribution in [2.45, 2.75) is 18.9 Å². The van der Waals surface area contributed by atoms with E-state index in [1.165, 1.54) is 39.0 Å². The minimum atomic E-state index is 0.600. The maximum Gasteiger partial charge on any atom is 0.0443 e. The Bertz CT molecular complexity index is 205. The summed E-state index contributed by atoms with van der Waals surface area (Å²) in [5.41, 5.74) is 1.14. The van der Waals surface area contributed by atoms with Crippen LogP contribution in [0.2, 0.25) is 0 Å². The molecule has 0 bridgehead atoms. The van der Waals surface area contributed by atoms with Gasteiger partial charge in [-0.15, -0.1) is 11.6 Å². The third-order valence-electron chi connectivity index (χ3n) is 3.11. The van der Waals surface area contributed by atoms with Gasteiger partial charge in [-0.2, -0.15) is 0 Å². The fourth-order valence-electron chi connectivity index (χ4n) is 2.08. The van der Waals surface area contributed by atoms with Crippen molar-refractivity contribution in [1.82, 2.24) is 9.80 Å². The van der Waals surface area contributed by atoms with Gasteiger partial charge in [0.05, 0.1) is 0 Å². The van der Waals surface area contributed by atoms with Crippen LogP contribution >= 0.6 is 11.6 Å². The van der Waals surface area contributed by atoms with Gasteiger partial charge in [-0.25, -0.2) is 0 Å². The topological polar surface area (TPSA) is 6.48 Å². The normalized spacial score (nSPS) is 25.2. The number of hydrogen-bond acceptors (Lipinski definition) is 2. The van der Waals surface area contributed by atoms with Crippen LogP contribution in [0.3, 0.4) is 0 Å². The van der Waals surface area contributed by atoms with Crippen molar-refractivity contribution in [2.75, 3.05) is 38.6 Å². The lowest BCUT2D eigenvalue weighted by atomic mass is 10.2. The Morgan fingerprint density at radius 3 is 2.36 bits per heavy atom. The molecule has 0 amide bonds. The van der Waals surface area contributed by atoms with Crippen LogP contribution in [0, 0.1) is 0 Å². The van der Waals surface area contributed by atoms with E-state index in [2.05, 4.69) is 16.4 Å². The van der Waals surface area contributed by atoms with E-state index in [9.17, 15) is 0 Å². The lowest BCUT2D eigenvalue weighted by molar-refractivity contribution is 0.134. The second-order valence-electron chi connectivity index (χ2n) is 4.43. The van der Waals surface area contributed by atoms with Crippen LogP contribution in [0.4, 0.5) is 0 Å². The molecule has 2 fully saturated rings. The third kappa shape index (κ3) is 2.72. The average Bonchev–Trinajstić information content (AvgIpc) is 3.02. The standard InChI is InChI=1S/C11H19ClN2/c1-10(8-12)9-13-4-6-14(7-5-13)11-2-3-11/h11H,1-9H2. The van der Waals surface area contributed by atoms with Crippen LogP contribution in [0.25, 0.3) is 0 Å². The molecule has 0 aromatic heterocycles. The van der Waals surface area contributed by atoms with Crippen LogP contribution in [0.15, 0.2) is 12.2 Å². The number of alkyl halides is 1. The molecule has 0 aromatic carbocycles. The summed E-state index contributed by atoms with van der Waals surface area (Å²) in [4.78, 5) is 5.09. The van der Waals surface area contributed by atoms with Gasteiger partial charge in [0.25, 0.3) is 0 Å². The summed E-state index contributed by atoms with van der Waals surface area (Å²) < 4.78 is 0. The maximum atomic E-state index is 5.72. The van der Waals surface area contributed by atoms with Crippen LogP contribution in [0.1, 0.15) is 12.8 Å². The van der Waals surface area contributed by atoms with Gasteiger partial charge in [-0.3, -0.25) is 9.80 Å². The first-order valence-corrected chi connectivity index (χ1v) is 6.02. The lowest BCUT2D eigenvalue weighted by Gasteiger charge is -2.34. The summed E-state index contributed by atoms with van der Waals surface area (Å²) in [6.07, 6.45) is 2.85. The molecule has 2 nitrogen and oxygen atoms in total. The Hall–Kier alpha value is -0.0500. The van der Waals surface area contributed by atoms with Gasteiger partial charge in [-0.05, 0) is 18.4 Å². The van der Waals surface area contributed by atoms with Gasteiger partial charge in [0.2, 0.25) is 0 Å². The first-order valence-electron chi connectivity index (χ1n) is 5.48. The number of rotatable bonds is 4. The average molecular weight is 215 g/mol. The smallest absolute Gasteiger partial charge is 0.0443 e. The molecule has 0 radical (unpaired) electrons. The van der Waals surface area contributed by atoms with Crippen molar-refractivity contribution in [2.24, 2.45) is 0 Å². The van der Waals surface area contributed by atoms with E-state index in [0.717, 1.165) is 18.2 Å². The Morgan fingerprint density at radius 2 is 1.86 bits per heavy atom. The third-order valence-corrected chi connectivity index (χ3v) is 3.48. The van der Waals surface area contributed by atoms with E-state index in [4.69, 9.17) is 11.6 Å². The summed E-state index contributed by atoms with van der Waals surface area (Å²) in [6, 6.07) is 0.924. The summed E-state index contributed by atoms with van der Waals surface area (Å²) >= 11 is 5.72. The number of piperazine rings is 1. The van der Waals surface area contributed by atoms with E-state index in [1.54, 1.807) is 0 Å². The first kappa shape index (κ1) is 10.5. The molecule has 3 heteroatoms. The fraction of sp³-hybridized carbons (Fsp3) is 0.818. The van der Waals surface area contributed by atoms with Crippen molar-refractivity contribution in [3.8, 4) is 0 Å². The molecular formula is C11H19ClN2. The van der Waals surface area contributed by atoms with Crippen molar-refractivity contribution >= 4 is 11.6 Å². The van der Waals surface area contributed by atoms with Crippen LogP contribution in [-0.2, 0) is 0 Å². The SMILES string of the molecule is C=C(CCl)CN1CCN(C2CC2)CC1. The van der Waals surface area contributed by atoms with E-state index >= 15 is 0 Å². The number of halogens is 1. The second kappa shape index (κ2) is 4.65. The fourth-order valence-corrected chi connectivity index (χ4v) is 2.17. The van der Waals surface area contributed by atoms with E-state index < -0.39 is 0 Å². The summed E-state index contributed by atoms with van der Waals surface area (Å²) in [5.74, 6) is 0.600. The van der Waals surface area contributed by atoms with Crippen LogP contribution < -0.4 is 0 Å². The lowest BCUT2D eigenvalue weighted by Crippen LogP contribution is -2.47. The highest BCUT2D eigenvalue weighted by molar-refractivity contribution is 6.19. The molecule has 1 aliphatic heterocycles. The first-order chi connectivity index (χ1) is 6.79. The molecule has 1 saturated carbocycles. The maximum absolute atomic E-state index is 5.72. The van der Waals surface area contributed by atoms with Gasteiger partial charge >= 0.3 is 0 Å². The molecule has 1 aliphatic carbocycles. The zero-order valence-corrected chi connectivity index (χ0v) is 9.47. The monoisotopic (exact) mass is 214 g/mol. The van der Waals surface area contributed by atoms with Crippen molar-refractivity contribution in [1.29, 1.82) is 0 Å². The highest BCUT2D eigenvalue weighted by Crippen LogP contribution is 2.27. The minimum Gasteiger partial charge on any atom is -0.298 e. The predicted molar refractivity (Wildman–Crippen MR) is 60.9 cm³/mol. The Balaban J connectivity index is 1.69.